The maximum absolute atomic E-state index is 12.1. The molecule has 0 bridgehead atoms. The van der Waals surface area contributed by atoms with Crippen LogP contribution >= 0.6 is 0 Å². The van der Waals surface area contributed by atoms with E-state index in [1.807, 2.05) is 0 Å². The lowest BCUT2D eigenvalue weighted by molar-refractivity contribution is -0.158. The standard InChI is InChI=1S/C15H26O2/c1-9(2)12-8-15(17-14(12)16)11(5)6-7-13(15)10(3)4/h9-13H,6-8H2,1-5H3/t11-,12+,13-,15-/m1/s1. The van der Waals surface area contributed by atoms with E-state index in [-0.39, 0.29) is 17.5 Å². The van der Waals surface area contributed by atoms with Crippen LogP contribution in [0.1, 0.15) is 53.9 Å². The third-order valence-corrected chi connectivity index (χ3v) is 5.11. The van der Waals surface area contributed by atoms with Crippen molar-refractivity contribution >= 4 is 5.97 Å². The van der Waals surface area contributed by atoms with Crippen LogP contribution in [0.5, 0.6) is 0 Å². The number of ether oxygens (including phenoxy) is 1. The number of esters is 1. The number of rotatable bonds is 2. The van der Waals surface area contributed by atoms with E-state index in [9.17, 15) is 4.79 Å². The highest BCUT2D eigenvalue weighted by Crippen LogP contribution is 2.54. The van der Waals surface area contributed by atoms with Gasteiger partial charge in [-0.1, -0.05) is 34.6 Å². The minimum absolute atomic E-state index is 0.0550. The van der Waals surface area contributed by atoms with E-state index in [0.29, 0.717) is 23.7 Å². The van der Waals surface area contributed by atoms with Gasteiger partial charge in [0.15, 0.2) is 0 Å². The molecular weight excluding hydrogens is 212 g/mol. The second-order valence-corrected chi connectivity index (χ2v) is 6.76. The highest BCUT2D eigenvalue weighted by molar-refractivity contribution is 5.75. The molecule has 0 unspecified atom stereocenters. The molecule has 1 heterocycles. The summed E-state index contributed by atoms with van der Waals surface area (Å²) in [6, 6.07) is 0. The van der Waals surface area contributed by atoms with Gasteiger partial charge in [-0.25, -0.2) is 0 Å². The average Bonchev–Trinajstić information content (AvgIpc) is 2.71. The first-order chi connectivity index (χ1) is 7.88. The quantitative estimate of drug-likeness (QED) is 0.686. The fourth-order valence-corrected chi connectivity index (χ4v) is 3.95. The minimum atomic E-state index is -0.139. The van der Waals surface area contributed by atoms with Gasteiger partial charge in [-0.3, -0.25) is 4.79 Å². The molecule has 0 N–H and O–H groups in total. The Bertz CT molecular complexity index is 308. The smallest absolute Gasteiger partial charge is 0.309 e. The van der Waals surface area contributed by atoms with E-state index < -0.39 is 0 Å². The predicted octanol–water partition coefficient (Wildman–Crippen LogP) is 3.65. The maximum Gasteiger partial charge on any atom is 0.309 e. The molecule has 0 aromatic rings. The zero-order valence-electron chi connectivity index (χ0n) is 11.8. The van der Waals surface area contributed by atoms with E-state index >= 15 is 0 Å². The molecule has 2 heteroatoms. The van der Waals surface area contributed by atoms with Crippen molar-refractivity contribution in [3.63, 3.8) is 0 Å². The number of hydrogen-bond donors (Lipinski definition) is 0. The molecule has 2 fully saturated rings. The molecule has 2 nitrogen and oxygen atoms in total. The van der Waals surface area contributed by atoms with Gasteiger partial charge >= 0.3 is 5.97 Å². The highest BCUT2D eigenvalue weighted by atomic mass is 16.6. The first-order valence-corrected chi connectivity index (χ1v) is 7.11. The average molecular weight is 238 g/mol. The zero-order valence-corrected chi connectivity index (χ0v) is 11.8. The van der Waals surface area contributed by atoms with Crippen molar-refractivity contribution in [3.05, 3.63) is 0 Å². The van der Waals surface area contributed by atoms with Gasteiger partial charge in [0.1, 0.15) is 5.60 Å². The Morgan fingerprint density at radius 3 is 2.29 bits per heavy atom. The molecule has 0 amide bonds. The second-order valence-electron chi connectivity index (χ2n) is 6.76. The number of carbonyl (C=O) groups excluding carboxylic acids is 1. The van der Waals surface area contributed by atoms with Gasteiger partial charge in [0.25, 0.3) is 0 Å². The summed E-state index contributed by atoms with van der Waals surface area (Å²) >= 11 is 0. The number of carbonyl (C=O) groups is 1. The lowest BCUT2D eigenvalue weighted by Gasteiger charge is -2.36. The van der Waals surface area contributed by atoms with Crippen LogP contribution < -0.4 is 0 Å². The van der Waals surface area contributed by atoms with Crippen molar-refractivity contribution < 1.29 is 9.53 Å². The fraction of sp³-hybridized carbons (Fsp3) is 0.933. The molecule has 0 aromatic heterocycles. The summed E-state index contributed by atoms with van der Waals surface area (Å²) in [7, 11) is 0. The van der Waals surface area contributed by atoms with Gasteiger partial charge in [0, 0.05) is 12.3 Å². The molecular formula is C15H26O2. The molecule has 2 aliphatic rings. The van der Waals surface area contributed by atoms with Crippen LogP contribution in [0.4, 0.5) is 0 Å². The molecule has 2 rings (SSSR count). The van der Waals surface area contributed by atoms with Crippen LogP contribution in [0.2, 0.25) is 0 Å². The summed E-state index contributed by atoms with van der Waals surface area (Å²) in [4.78, 5) is 12.1. The summed E-state index contributed by atoms with van der Waals surface area (Å²) in [6.07, 6.45) is 3.38. The summed E-state index contributed by atoms with van der Waals surface area (Å²) in [5.41, 5.74) is -0.139. The van der Waals surface area contributed by atoms with E-state index in [1.165, 1.54) is 12.8 Å². The SMILES string of the molecule is CC(C)[C@@H]1C[C@@]2(OC1=O)[C@H](C)CC[C@@H]2C(C)C. The molecule has 1 spiro atoms. The largest absolute Gasteiger partial charge is 0.458 e. The predicted molar refractivity (Wildman–Crippen MR) is 68.5 cm³/mol. The monoisotopic (exact) mass is 238 g/mol. The van der Waals surface area contributed by atoms with Crippen LogP contribution in [0.25, 0.3) is 0 Å². The third-order valence-electron chi connectivity index (χ3n) is 5.11. The maximum atomic E-state index is 12.1. The molecule has 1 aliphatic heterocycles. The first-order valence-electron chi connectivity index (χ1n) is 7.11. The Labute approximate surface area is 105 Å². The van der Waals surface area contributed by atoms with E-state index in [0.717, 1.165) is 6.42 Å². The molecule has 1 aliphatic carbocycles. The Morgan fingerprint density at radius 1 is 1.18 bits per heavy atom. The molecule has 98 valence electrons. The fourth-order valence-electron chi connectivity index (χ4n) is 3.95. The van der Waals surface area contributed by atoms with Crippen LogP contribution in [-0.2, 0) is 9.53 Å². The molecule has 1 saturated carbocycles. The summed E-state index contributed by atoms with van der Waals surface area (Å²) < 4.78 is 5.93. The van der Waals surface area contributed by atoms with Gasteiger partial charge in [-0.2, -0.15) is 0 Å². The second kappa shape index (κ2) is 4.29. The Morgan fingerprint density at radius 2 is 1.82 bits per heavy atom. The Hall–Kier alpha value is -0.530. The van der Waals surface area contributed by atoms with Gasteiger partial charge < -0.3 is 4.74 Å². The van der Waals surface area contributed by atoms with Crippen molar-refractivity contribution in [2.45, 2.75) is 59.5 Å². The van der Waals surface area contributed by atoms with Crippen molar-refractivity contribution in [2.75, 3.05) is 0 Å². The molecule has 4 atom stereocenters. The number of hydrogen-bond acceptors (Lipinski definition) is 2. The zero-order chi connectivity index (χ0) is 12.8. The van der Waals surface area contributed by atoms with Crippen LogP contribution in [-0.4, -0.2) is 11.6 Å². The third kappa shape index (κ3) is 1.90. The first kappa shape index (κ1) is 12.9. The van der Waals surface area contributed by atoms with Crippen molar-refractivity contribution in [1.29, 1.82) is 0 Å². The van der Waals surface area contributed by atoms with Gasteiger partial charge in [-0.15, -0.1) is 0 Å². The summed E-state index contributed by atoms with van der Waals surface area (Å²) in [5, 5.41) is 0. The van der Waals surface area contributed by atoms with Gasteiger partial charge in [0.2, 0.25) is 0 Å². The topological polar surface area (TPSA) is 26.3 Å². The molecule has 0 radical (unpaired) electrons. The van der Waals surface area contributed by atoms with Crippen LogP contribution in [0.15, 0.2) is 0 Å². The van der Waals surface area contributed by atoms with Crippen molar-refractivity contribution in [2.24, 2.45) is 29.6 Å². The van der Waals surface area contributed by atoms with Crippen molar-refractivity contribution in [3.8, 4) is 0 Å². The van der Waals surface area contributed by atoms with Gasteiger partial charge in [-0.05, 0) is 30.6 Å². The van der Waals surface area contributed by atoms with E-state index in [1.54, 1.807) is 0 Å². The van der Waals surface area contributed by atoms with Gasteiger partial charge in [0.05, 0.1) is 5.92 Å². The van der Waals surface area contributed by atoms with Crippen molar-refractivity contribution in [1.82, 2.24) is 0 Å². The summed E-state index contributed by atoms with van der Waals surface area (Å²) in [5.74, 6) is 2.28. The normalized spacial score (nSPS) is 41.8. The lowest BCUT2D eigenvalue weighted by Crippen LogP contribution is -2.40. The lowest BCUT2D eigenvalue weighted by atomic mass is 9.74. The highest BCUT2D eigenvalue weighted by Gasteiger charge is 2.58. The molecule has 1 saturated heterocycles. The Balaban J connectivity index is 2.26. The van der Waals surface area contributed by atoms with E-state index in [2.05, 4.69) is 34.6 Å². The summed E-state index contributed by atoms with van der Waals surface area (Å²) in [6.45, 7) is 11.1. The van der Waals surface area contributed by atoms with Crippen LogP contribution in [0.3, 0.4) is 0 Å². The Kier molecular flexibility index (Phi) is 3.26. The molecule has 0 aromatic carbocycles. The van der Waals surface area contributed by atoms with E-state index in [4.69, 9.17) is 4.74 Å². The molecule has 17 heavy (non-hydrogen) atoms. The minimum Gasteiger partial charge on any atom is -0.458 e. The van der Waals surface area contributed by atoms with Crippen LogP contribution in [0, 0.1) is 29.6 Å².